The molecule has 18 heavy (non-hydrogen) atoms. The largest absolute Gasteiger partial charge is 0.383 e. The maximum atomic E-state index is 12.9. The van der Waals surface area contributed by atoms with Gasteiger partial charge in [-0.3, -0.25) is 9.82 Å². The zero-order valence-electron chi connectivity index (χ0n) is 8.81. The SMILES string of the molecule is Nc1[nH]ncc1S(=O)(=O)Nc1ccc(F)c(F)c1. The molecule has 0 aliphatic rings. The summed E-state index contributed by atoms with van der Waals surface area (Å²) in [6.07, 6.45) is 1.01. The molecule has 1 aromatic heterocycles. The Bertz CT molecular complexity index is 684. The van der Waals surface area contributed by atoms with Gasteiger partial charge >= 0.3 is 0 Å². The third-order valence-electron chi connectivity index (χ3n) is 2.09. The Morgan fingerprint density at radius 1 is 1.28 bits per heavy atom. The second-order valence-corrected chi connectivity index (χ2v) is 5.03. The number of nitrogen functional groups attached to an aromatic ring is 1. The Hall–Kier alpha value is -2.16. The summed E-state index contributed by atoms with van der Waals surface area (Å²) in [5, 5.41) is 5.71. The molecule has 0 aliphatic heterocycles. The van der Waals surface area contributed by atoms with Gasteiger partial charge in [-0.1, -0.05) is 0 Å². The number of aromatic nitrogens is 2. The summed E-state index contributed by atoms with van der Waals surface area (Å²) in [7, 11) is -3.99. The average Bonchev–Trinajstić information content (AvgIpc) is 2.70. The van der Waals surface area contributed by atoms with Gasteiger partial charge in [0.25, 0.3) is 10.0 Å². The first-order chi connectivity index (χ1) is 8.40. The van der Waals surface area contributed by atoms with Crippen LogP contribution in [0.1, 0.15) is 0 Å². The lowest BCUT2D eigenvalue weighted by atomic mass is 10.3. The fourth-order valence-corrected chi connectivity index (χ4v) is 2.34. The van der Waals surface area contributed by atoms with Gasteiger partial charge in [0, 0.05) is 6.07 Å². The fourth-order valence-electron chi connectivity index (χ4n) is 1.27. The second-order valence-electron chi connectivity index (χ2n) is 3.38. The summed E-state index contributed by atoms with van der Waals surface area (Å²) in [5.74, 6) is -2.37. The van der Waals surface area contributed by atoms with E-state index in [9.17, 15) is 17.2 Å². The molecule has 2 rings (SSSR count). The van der Waals surface area contributed by atoms with E-state index in [2.05, 4.69) is 14.9 Å². The van der Waals surface area contributed by atoms with Crippen LogP contribution in [0.3, 0.4) is 0 Å². The van der Waals surface area contributed by atoms with Crippen LogP contribution in [-0.2, 0) is 10.0 Å². The maximum Gasteiger partial charge on any atom is 0.267 e. The van der Waals surface area contributed by atoms with Crippen molar-refractivity contribution in [2.75, 3.05) is 10.5 Å². The van der Waals surface area contributed by atoms with Gasteiger partial charge in [0.05, 0.1) is 11.9 Å². The van der Waals surface area contributed by atoms with Crippen molar-refractivity contribution in [3.05, 3.63) is 36.0 Å². The number of hydrogen-bond donors (Lipinski definition) is 3. The number of nitrogens with zero attached hydrogens (tertiary/aromatic N) is 1. The zero-order valence-corrected chi connectivity index (χ0v) is 9.63. The van der Waals surface area contributed by atoms with Gasteiger partial charge in [-0.15, -0.1) is 0 Å². The van der Waals surface area contributed by atoms with Crippen LogP contribution in [0.25, 0.3) is 0 Å². The van der Waals surface area contributed by atoms with Gasteiger partial charge in [0.1, 0.15) is 10.7 Å². The summed E-state index contributed by atoms with van der Waals surface area (Å²) in [5.41, 5.74) is 5.25. The van der Waals surface area contributed by atoms with Gasteiger partial charge in [0.2, 0.25) is 0 Å². The zero-order chi connectivity index (χ0) is 13.3. The number of hydrogen-bond acceptors (Lipinski definition) is 4. The van der Waals surface area contributed by atoms with E-state index in [1.165, 1.54) is 0 Å². The van der Waals surface area contributed by atoms with Crippen LogP contribution in [-0.4, -0.2) is 18.6 Å². The molecular formula is C9H8F2N4O2S. The third-order valence-corrected chi connectivity index (χ3v) is 3.50. The molecule has 0 aliphatic carbocycles. The lowest BCUT2D eigenvalue weighted by molar-refractivity contribution is 0.509. The number of aromatic amines is 1. The molecule has 0 atom stereocenters. The van der Waals surface area contributed by atoms with Gasteiger partial charge in [-0.2, -0.15) is 5.10 Å². The molecule has 9 heteroatoms. The number of rotatable bonds is 3. The van der Waals surface area contributed by atoms with Crippen molar-refractivity contribution < 1.29 is 17.2 Å². The van der Waals surface area contributed by atoms with Gasteiger partial charge in [0.15, 0.2) is 11.6 Å². The molecule has 1 heterocycles. The molecule has 0 unspecified atom stereocenters. The van der Waals surface area contributed by atoms with Crippen LogP contribution >= 0.6 is 0 Å². The fraction of sp³-hybridized carbons (Fsp3) is 0. The standard InChI is InChI=1S/C9H8F2N4O2S/c10-6-2-1-5(3-7(6)11)15-18(16,17)8-4-13-14-9(8)12/h1-4,15H,(H3,12,13,14). The molecule has 0 fully saturated rings. The summed E-state index contributed by atoms with van der Waals surface area (Å²) in [6, 6.07) is 2.63. The van der Waals surface area contributed by atoms with Crippen molar-refractivity contribution in [3.63, 3.8) is 0 Å². The molecule has 0 amide bonds. The molecule has 0 spiro atoms. The van der Waals surface area contributed by atoms with Crippen molar-refractivity contribution in [3.8, 4) is 0 Å². The number of nitrogens with two attached hydrogens (primary N) is 1. The quantitative estimate of drug-likeness (QED) is 0.779. The Kier molecular flexibility index (Phi) is 2.91. The molecule has 96 valence electrons. The van der Waals surface area contributed by atoms with Crippen LogP contribution < -0.4 is 10.5 Å². The smallest absolute Gasteiger partial charge is 0.267 e. The van der Waals surface area contributed by atoms with Gasteiger partial charge in [-0.25, -0.2) is 17.2 Å². The van der Waals surface area contributed by atoms with E-state index >= 15 is 0 Å². The van der Waals surface area contributed by atoms with Crippen LogP contribution in [0.5, 0.6) is 0 Å². The van der Waals surface area contributed by atoms with Crippen LogP contribution in [0.15, 0.2) is 29.3 Å². The lowest BCUT2D eigenvalue weighted by Gasteiger charge is -2.07. The van der Waals surface area contributed by atoms with E-state index in [4.69, 9.17) is 5.73 Å². The van der Waals surface area contributed by atoms with Crippen LogP contribution in [0.4, 0.5) is 20.3 Å². The lowest BCUT2D eigenvalue weighted by Crippen LogP contribution is -2.14. The highest BCUT2D eigenvalue weighted by Gasteiger charge is 2.19. The molecule has 4 N–H and O–H groups in total. The van der Waals surface area contributed by atoms with Gasteiger partial charge in [-0.05, 0) is 12.1 Å². The molecule has 0 saturated carbocycles. The van der Waals surface area contributed by atoms with E-state index in [1.54, 1.807) is 0 Å². The van der Waals surface area contributed by atoms with Crippen molar-refractivity contribution in [2.45, 2.75) is 4.90 Å². The summed E-state index contributed by atoms with van der Waals surface area (Å²) in [6.45, 7) is 0. The first-order valence-electron chi connectivity index (χ1n) is 4.67. The van der Waals surface area contributed by atoms with Gasteiger partial charge < -0.3 is 5.73 Å². The first kappa shape index (κ1) is 12.3. The molecule has 0 bridgehead atoms. The molecule has 0 saturated heterocycles. The monoisotopic (exact) mass is 274 g/mol. The summed E-state index contributed by atoms with van der Waals surface area (Å²) >= 11 is 0. The topological polar surface area (TPSA) is 101 Å². The Labute approximate surface area is 101 Å². The number of nitrogens with one attached hydrogen (secondary N) is 2. The highest BCUT2D eigenvalue weighted by Crippen LogP contribution is 2.20. The Morgan fingerprint density at radius 2 is 2.00 bits per heavy atom. The minimum absolute atomic E-state index is 0.116. The van der Waals surface area contributed by atoms with E-state index < -0.39 is 21.7 Å². The molecule has 1 aromatic carbocycles. The van der Waals surface area contributed by atoms with E-state index in [-0.39, 0.29) is 16.4 Å². The normalized spacial score (nSPS) is 11.4. The number of H-pyrrole nitrogens is 1. The van der Waals surface area contributed by atoms with E-state index in [0.29, 0.717) is 0 Å². The average molecular weight is 274 g/mol. The third kappa shape index (κ3) is 2.25. The van der Waals surface area contributed by atoms with E-state index in [0.717, 1.165) is 24.4 Å². The summed E-state index contributed by atoms with van der Waals surface area (Å²) in [4.78, 5) is -0.271. The molecule has 0 radical (unpaired) electrons. The van der Waals surface area contributed by atoms with Crippen LogP contribution in [0, 0.1) is 11.6 Å². The van der Waals surface area contributed by atoms with Crippen molar-refractivity contribution in [1.29, 1.82) is 0 Å². The molecule has 2 aromatic rings. The van der Waals surface area contributed by atoms with Crippen molar-refractivity contribution in [2.24, 2.45) is 0 Å². The highest BCUT2D eigenvalue weighted by molar-refractivity contribution is 7.92. The number of anilines is 2. The minimum Gasteiger partial charge on any atom is -0.383 e. The Morgan fingerprint density at radius 3 is 2.56 bits per heavy atom. The highest BCUT2D eigenvalue weighted by atomic mass is 32.2. The predicted octanol–water partition coefficient (Wildman–Crippen LogP) is 1.07. The maximum absolute atomic E-state index is 12.9. The first-order valence-corrected chi connectivity index (χ1v) is 6.15. The van der Waals surface area contributed by atoms with Crippen molar-refractivity contribution in [1.82, 2.24) is 10.2 Å². The molecular weight excluding hydrogens is 266 g/mol. The number of benzene rings is 1. The number of sulfonamides is 1. The second kappa shape index (κ2) is 4.26. The summed E-state index contributed by atoms with van der Waals surface area (Å²) < 4.78 is 51.3. The van der Waals surface area contributed by atoms with Crippen molar-refractivity contribution >= 4 is 21.5 Å². The predicted molar refractivity (Wildman–Crippen MR) is 60.2 cm³/mol. The number of halogens is 2. The minimum atomic E-state index is -3.99. The Balaban J connectivity index is 2.34. The van der Waals surface area contributed by atoms with E-state index in [1.807, 2.05) is 0 Å². The van der Waals surface area contributed by atoms with Crippen LogP contribution in [0.2, 0.25) is 0 Å². The molecule has 6 nitrogen and oxygen atoms in total.